The summed E-state index contributed by atoms with van der Waals surface area (Å²) in [5.74, 6) is -0.558. The van der Waals surface area contributed by atoms with E-state index in [4.69, 9.17) is 0 Å². The van der Waals surface area contributed by atoms with Gasteiger partial charge in [0.1, 0.15) is 0 Å². The fraction of sp³-hybridized carbons (Fsp3) is 0.167. The van der Waals surface area contributed by atoms with Crippen LogP contribution in [0.25, 0.3) is 43.1 Å². The Morgan fingerprint density at radius 3 is 1.54 bits per heavy atom. The van der Waals surface area contributed by atoms with E-state index in [1.807, 2.05) is 30.3 Å². The van der Waals surface area contributed by atoms with Crippen LogP contribution >= 0.6 is 0 Å². The molecule has 1 aliphatic heterocycles. The van der Waals surface area contributed by atoms with Crippen LogP contribution < -0.4 is 9.80 Å². The molecule has 2 amide bonds. The molecular weight excluding hydrogens is 637 g/mol. The van der Waals surface area contributed by atoms with Gasteiger partial charge in [-0.3, -0.25) is 9.59 Å². The van der Waals surface area contributed by atoms with Gasteiger partial charge in [-0.1, -0.05) is 126 Å². The Hall–Kier alpha value is -6.00. The zero-order valence-electron chi connectivity index (χ0n) is 30.4. The zero-order chi connectivity index (χ0) is 36.1. The maximum Gasteiger partial charge on any atom is 0.265 e. The quantitative estimate of drug-likeness (QED) is 0.106. The summed E-state index contributed by atoms with van der Waals surface area (Å²) in [4.78, 5) is 33.2. The summed E-state index contributed by atoms with van der Waals surface area (Å²) in [7, 11) is 0. The van der Waals surface area contributed by atoms with Crippen molar-refractivity contribution in [1.82, 2.24) is 0 Å². The molecule has 4 nitrogen and oxygen atoms in total. The van der Waals surface area contributed by atoms with Gasteiger partial charge in [0.15, 0.2) is 0 Å². The number of imide groups is 1. The first-order valence-corrected chi connectivity index (χ1v) is 18.0. The number of amides is 2. The number of nitrogens with zero attached hydrogens (tertiary/aromatic N) is 2. The molecule has 8 aromatic carbocycles. The molecule has 0 unspecified atom stereocenters. The first kappa shape index (κ1) is 31.9. The van der Waals surface area contributed by atoms with Crippen LogP contribution in [0.2, 0.25) is 0 Å². The highest BCUT2D eigenvalue weighted by atomic mass is 16.2. The van der Waals surface area contributed by atoms with Crippen LogP contribution in [0.5, 0.6) is 0 Å². The van der Waals surface area contributed by atoms with E-state index in [0.717, 1.165) is 71.3 Å². The molecule has 0 aliphatic carbocycles. The minimum absolute atomic E-state index is 0.154. The lowest BCUT2D eigenvalue weighted by molar-refractivity contribution is 0.0893. The fourth-order valence-corrected chi connectivity index (χ4v) is 8.29. The average Bonchev–Trinajstić information content (AvgIpc) is 3.13. The molecule has 0 fully saturated rings. The molecule has 0 N–H and O–H groups in total. The summed E-state index contributed by atoms with van der Waals surface area (Å²) in [6.45, 7) is 12.8. The number of carbonyl (C=O) groups excluding carboxylic acids is 2. The Bertz CT molecular complexity index is 2620. The normalized spacial score (nSPS) is 13.6. The predicted octanol–water partition coefficient (Wildman–Crippen LogP) is 12.6. The summed E-state index contributed by atoms with van der Waals surface area (Å²) in [5.41, 5.74) is 6.63. The summed E-state index contributed by atoms with van der Waals surface area (Å²) in [6, 6.07) is 46.1. The highest BCUT2D eigenvalue weighted by Gasteiger charge is 2.38. The first-order valence-electron chi connectivity index (χ1n) is 18.0. The third-order valence-corrected chi connectivity index (χ3v) is 10.8. The maximum atomic E-state index is 14.7. The van der Waals surface area contributed by atoms with E-state index in [2.05, 4.69) is 150 Å². The largest absolute Gasteiger partial charge is 0.310 e. The van der Waals surface area contributed by atoms with Gasteiger partial charge in [-0.05, 0) is 103 Å². The Labute approximate surface area is 304 Å². The molecule has 0 saturated heterocycles. The van der Waals surface area contributed by atoms with Crippen molar-refractivity contribution in [3.8, 4) is 0 Å². The molecule has 254 valence electrons. The van der Waals surface area contributed by atoms with Crippen LogP contribution in [0.4, 0.5) is 22.7 Å². The minimum Gasteiger partial charge on any atom is -0.310 e. The van der Waals surface area contributed by atoms with E-state index in [1.54, 1.807) is 0 Å². The van der Waals surface area contributed by atoms with Crippen molar-refractivity contribution in [2.45, 2.75) is 52.4 Å². The summed E-state index contributed by atoms with van der Waals surface area (Å²) < 4.78 is 0. The second-order valence-corrected chi connectivity index (χ2v) is 16.1. The van der Waals surface area contributed by atoms with Gasteiger partial charge in [-0.2, -0.15) is 0 Å². The van der Waals surface area contributed by atoms with Crippen molar-refractivity contribution in [2.75, 3.05) is 9.80 Å². The Kier molecular flexibility index (Phi) is 6.91. The standard InChI is InChI=1S/C48H40N2O2/c1-47(2,3)29-20-26-39(48(4,5)6)41(28-29)50-45(51)37-23-21-34-32-18-13-19-36-40(49(30-14-9-7-10-15-30)31-16-11-8-12-17-31)27-25-33(42(32)36)35-22-24-38(46(50)52)44(37)43(34)35/h7-28H,1-6H3. The molecule has 0 radical (unpaired) electrons. The molecule has 1 aliphatic rings. The number of benzene rings is 8. The lowest BCUT2D eigenvalue weighted by Crippen LogP contribution is -2.42. The molecule has 0 bridgehead atoms. The Morgan fingerprint density at radius 1 is 0.462 bits per heavy atom. The maximum absolute atomic E-state index is 14.7. The third-order valence-electron chi connectivity index (χ3n) is 10.8. The van der Waals surface area contributed by atoms with Crippen molar-refractivity contribution < 1.29 is 9.59 Å². The number of hydrogen-bond acceptors (Lipinski definition) is 3. The van der Waals surface area contributed by atoms with Gasteiger partial charge >= 0.3 is 0 Å². The van der Waals surface area contributed by atoms with E-state index in [-0.39, 0.29) is 22.6 Å². The SMILES string of the molecule is CC(C)(C)c1ccc(C(C)(C)C)c(N2C(=O)c3ccc4c5cccc6c(N(c7ccccc7)c7ccccc7)ccc(c7ccc(c3c47)C2=O)c65)c1. The lowest BCUT2D eigenvalue weighted by Gasteiger charge is -2.34. The number of rotatable bonds is 4. The monoisotopic (exact) mass is 676 g/mol. The van der Waals surface area contributed by atoms with E-state index >= 15 is 0 Å². The summed E-state index contributed by atoms with van der Waals surface area (Å²) in [5, 5.41) is 8.28. The smallest absolute Gasteiger partial charge is 0.265 e. The molecule has 0 spiro atoms. The molecule has 1 heterocycles. The number of hydrogen-bond donors (Lipinski definition) is 0. The molecule has 0 saturated carbocycles. The second kappa shape index (κ2) is 11.2. The molecule has 0 atom stereocenters. The number of fused-ring (bicyclic) bond motifs is 2. The summed E-state index contributed by atoms with van der Waals surface area (Å²) >= 11 is 0. The second-order valence-electron chi connectivity index (χ2n) is 16.1. The fourth-order valence-electron chi connectivity index (χ4n) is 8.29. The topological polar surface area (TPSA) is 40.6 Å². The Morgan fingerprint density at radius 2 is 0.981 bits per heavy atom. The van der Waals surface area contributed by atoms with Crippen LogP contribution in [-0.2, 0) is 10.8 Å². The van der Waals surface area contributed by atoms with Crippen LogP contribution in [0.1, 0.15) is 73.4 Å². The van der Waals surface area contributed by atoms with E-state index in [9.17, 15) is 9.59 Å². The van der Waals surface area contributed by atoms with Gasteiger partial charge in [0.2, 0.25) is 0 Å². The highest BCUT2D eigenvalue weighted by Crippen LogP contribution is 2.48. The minimum atomic E-state index is -0.283. The van der Waals surface area contributed by atoms with Crippen molar-refractivity contribution in [2.24, 2.45) is 0 Å². The van der Waals surface area contributed by atoms with Crippen LogP contribution in [0.15, 0.2) is 133 Å². The molecule has 9 rings (SSSR count). The van der Waals surface area contributed by atoms with E-state index in [0.29, 0.717) is 16.8 Å². The van der Waals surface area contributed by atoms with Crippen molar-refractivity contribution in [3.05, 3.63) is 156 Å². The number of anilines is 4. The van der Waals surface area contributed by atoms with Gasteiger partial charge in [0, 0.05) is 33.3 Å². The third kappa shape index (κ3) is 4.67. The highest BCUT2D eigenvalue weighted by molar-refractivity contribution is 6.42. The molecule has 52 heavy (non-hydrogen) atoms. The molecule has 8 aromatic rings. The number of para-hydroxylation sites is 2. The van der Waals surface area contributed by atoms with Crippen LogP contribution in [0, 0.1) is 0 Å². The van der Waals surface area contributed by atoms with Gasteiger partial charge in [-0.15, -0.1) is 0 Å². The molecule has 0 aromatic heterocycles. The predicted molar refractivity (Wildman–Crippen MR) is 217 cm³/mol. The first-order chi connectivity index (χ1) is 24.9. The number of carbonyl (C=O) groups is 2. The van der Waals surface area contributed by atoms with E-state index < -0.39 is 0 Å². The average molecular weight is 677 g/mol. The van der Waals surface area contributed by atoms with Gasteiger partial charge in [0.05, 0.1) is 11.4 Å². The van der Waals surface area contributed by atoms with Gasteiger partial charge in [-0.25, -0.2) is 4.90 Å². The van der Waals surface area contributed by atoms with Gasteiger partial charge in [0.25, 0.3) is 11.8 Å². The van der Waals surface area contributed by atoms with E-state index in [1.165, 1.54) is 4.90 Å². The van der Waals surface area contributed by atoms with Crippen molar-refractivity contribution in [3.63, 3.8) is 0 Å². The van der Waals surface area contributed by atoms with Crippen LogP contribution in [0.3, 0.4) is 0 Å². The Balaban J connectivity index is 1.29. The zero-order valence-corrected chi connectivity index (χ0v) is 30.4. The molecular formula is C48H40N2O2. The van der Waals surface area contributed by atoms with Gasteiger partial charge < -0.3 is 4.90 Å². The van der Waals surface area contributed by atoms with Crippen LogP contribution in [-0.4, -0.2) is 11.8 Å². The van der Waals surface area contributed by atoms with Crippen molar-refractivity contribution in [1.29, 1.82) is 0 Å². The molecule has 4 heteroatoms. The van der Waals surface area contributed by atoms with Crippen molar-refractivity contribution >= 4 is 77.7 Å². The lowest BCUT2D eigenvalue weighted by atomic mass is 9.80. The summed E-state index contributed by atoms with van der Waals surface area (Å²) in [6.07, 6.45) is 0.